The number of carbonyl (C=O) groups excluding carboxylic acids is 1. The summed E-state index contributed by atoms with van der Waals surface area (Å²) < 4.78 is 0. The second kappa shape index (κ2) is 11.1. The van der Waals surface area contributed by atoms with E-state index in [9.17, 15) is 4.79 Å². The Kier molecular flexibility index (Phi) is 7.29. The van der Waals surface area contributed by atoms with Crippen LogP contribution in [0, 0.1) is 11.8 Å². The summed E-state index contributed by atoms with van der Waals surface area (Å²) in [7, 11) is 0. The number of para-hydroxylation sites is 1. The standard InChI is InChI=1S/C31H34N4OS/c36-29(26-8-4-10-27-25(26)9-5-17-32-27)20-23-13-11-22(12-14-23)15-18-35-19-16-28-30(21-35)37-31(34-28)33-24-6-2-1-3-7-24/h1-10,17,22-23H,11-16,18-21H2,(H,33,34). The number of ketones is 1. The molecule has 1 N–H and O–H groups in total. The summed E-state index contributed by atoms with van der Waals surface area (Å²) in [6.07, 6.45) is 9.61. The molecule has 0 amide bonds. The van der Waals surface area contributed by atoms with Crippen LogP contribution in [0.5, 0.6) is 0 Å². The second-order valence-corrected chi connectivity index (χ2v) is 11.7. The quantitative estimate of drug-likeness (QED) is 0.253. The first-order chi connectivity index (χ1) is 18.2. The summed E-state index contributed by atoms with van der Waals surface area (Å²) in [5.41, 5.74) is 4.11. The number of Topliss-reactive ketones (excluding diaryl/α,β-unsaturated/α-hetero) is 1. The van der Waals surface area contributed by atoms with Gasteiger partial charge >= 0.3 is 0 Å². The third-order valence-corrected chi connectivity index (χ3v) is 9.07. The molecule has 1 saturated carbocycles. The number of aromatic nitrogens is 2. The molecule has 2 aliphatic rings. The van der Waals surface area contributed by atoms with Gasteiger partial charge in [-0.3, -0.25) is 14.7 Å². The summed E-state index contributed by atoms with van der Waals surface area (Å²) in [5, 5.41) is 5.45. The van der Waals surface area contributed by atoms with E-state index in [2.05, 4.69) is 27.3 Å². The maximum Gasteiger partial charge on any atom is 0.187 e. The fourth-order valence-electron chi connectivity index (χ4n) is 5.95. The summed E-state index contributed by atoms with van der Waals surface area (Å²) in [6.45, 7) is 3.29. The van der Waals surface area contributed by atoms with Crippen LogP contribution in [0.1, 0.15) is 59.5 Å². The number of pyridine rings is 1. The minimum Gasteiger partial charge on any atom is -0.332 e. The zero-order chi connectivity index (χ0) is 25.0. The number of benzene rings is 2. The fraction of sp³-hybridized carbons (Fsp3) is 0.387. The molecule has 0 spiro atoms. The molecule has 0 bridgehead atoms. The highest BCUT2D eigenvalue weighted by Crippen LogP contribution is 2.35. The molecule has 1 aliphatic carbocycles. The smallest absolute Gasteiger partial charge is 0.187 e. The van der Waals surface area contributed by atoms with Crippen molar-refractivity contribution in [1.29, 1.82) is 0 Å². The van der Waals surface area contributed by atoms with Crippen LogP contribution in [0.2, 0.25) is 0 Å². The Morgan fingerprint density at radius 1 is 0.973 bits per heavy atom. The number of nitrogens with zero attached hydrogens (tertiary/aromatic N) is 3. The summed E-state index contributed by atoms with van der Waals surface area (Å²) in [6, 6.07) is 20.1. The minimum absolute atomic E-state index is 0.275. The van der Waals surface area contributed by atoms with Crippen LogP contribution in [0.25, 0.3) is 10.9 Å². The number of fused-ring (bicyclic) bond motifs is 2. The van der Waals surface area contributed by atoms with Crippen LogP contribution in [-0.2, 0) is 13.0 Å². The van der Waals surface area contributed by atoms with Gasteiger partial charge in [0.2, 0.25) is 0 Å². The first-order valence-electron chi connectivity index (χ1n) is 13.6. The molecule has 0 unspecified atom stereocenters. The van der Waals surface area contributed by atoms with Gasteiger partial charge in [-0.1, -0.05) is 49.2 Å². The van der Waals surface area contributed by atoms with Crippen LogP contribution in [0.15, 0.2) is 66.9 Å². The van der Waals surface area contributed by atoms with E-state index in [1.807, 2.05) is 48.5 Å². The largest absolute Gasteiger partial charge is 0.332 e. The zero-order valence-corrected chi connectivity index (χ0v) is 22.1. The van der Waals surface area contributed by atoms with E-state index in [4.69, 9.17) is 4.98 Å². The van der Waals surface area contributed by atoms with Gasteiger partial charge in [-0.25, -0.2) is 4.98 Å². The third kappa shape index (κ3) is 5.76. The van der Waals surface area contributed by atoms with Crippen molar-refractivity contribution in [2.24, 2.45) is 11.8 Å². The molecule has 0 radical (unpaired) electrons. The lowest BCUT2D eigenvalue weighted by Crippen LogP contribution is -2.32. The van der Waals surface area contributed by atoms with Crippen molar-refractivity contribution in [2.75, 3.05) is 18.4 Å². The van der Waals surface area contributed by atoms with Crippen molar-refractivity contribution in [1.82, 2.24) is 14.9 Å². The van der Waals surface area contributed by atoms with Gasteiger partial charge in [0.1, 0.15) is 0 Å². The number of hydrogen-bond donors (Lipinski definition) is 1. The Bertz CT molecular complexity index is 1350. The molecule has 1 aliphatic heterocycles. The fourth-order valence-corrected chi connectivity index (χ4v) is 7.02. The van der Waals surface area contributed by atoms with Gasteiger partial charge in [-0.05, 0) is 61.9 Å². The molecule has 3 heterocycles. The third-order valence-electron chi connectivity index (χ3n) is 8.08. The number of hydrogen-bond acceptors (Lipinski definition) is 6. The lowest BCUT2D eigenvalue weighted by Gasteiger charge is -2.31. The molecular weight excluding hydrogens is 476 g/mol. The highest BCUT2D eigenvalue weighted by atomic mass is 32.1. The van der Waals surface area contributed by atoms with Crippen molar-refractivity contribution >= 4 is 38.8 Å². The first-order valence-corrected chi connectivity index (χ1v) is 14.4. The molecule has 0 saturated heterocycles. The Hall–Kier alpha value is -3.09. The van der Waals surface area contributed by atoms with Gasteiger partial charge in [0.25, 0.3) is 0 Å². The Morgan fingerprint density at radius 3 is 2.68 bits per heavy atom. The van der Waals surface area contributed by atoms with E-state index in [0.29, 0.717) is 12.3 Å². The molecule has 6 heteroatoms. The van der Waals surface area contributed by atoms with Crippen molar-refractivity contribution in [3.05, 3.63) is 83.0 Å². The van der Waals surface area contributed by atoms with Gasteiger partial charge in [-0.2, -0.15) is 0 Å². The number of rotatable bonds is 8. The number of carbonyl (C=O) groups is 1. The van der Waals surface area contributed by atoms with Crippen LogP contribution in [-0.4, -0.2) is 33.7 Å². The number of anilines is 2. The molecule has 6 rings (SSSR count). The Morgan fingerprint density at radius 2 is 1.81 bits per heavy atom. The molecule has 2 aromatic carbocycles. The van der Waals surface area contributed by atoms with Crippen LogP contribution in [0.4, 0.5) is 10.8 Å². The van der Waals surface area contributed by atoms with E-state index in [1.54, 1.807) is 17.5 Å². The molecule has 0 atom stereocenters. The molecule has 1 fully saturated rings. The summed E-state index contributed by atoms with van der Waals surface area (Å²) in [4.78, 5) is 26.4. The predicted octanol–water partition coefficient (Wildman–Crippen LogP) is 7.26. The average Bonchev–Trinajstić information content (AvgIpc) is 3.34. The van der Waals surface area contributed by atoms with E-state index in [1.165, 1.54) is 42.7 Å². The lowest BCUT2D eigenvalue weighted by molar-refractivity contribution is 0.0941. The summed E-state index contributed by atoms with van der Waals surface area (Å²) in [5.74, 6) is 1.57. The monoisotopic (exact) mass is 510 g/mol. The second-order valence-electron chi connectivity index (χ2n) is 10.6. The average molecular weight is 511 g/mol. The Balaban J connectivity index is 0.962. The van der Waals surface area contributed by atoms with E-state index in [-0.39, 0.29) is 5.78 Å². The zero-order valence-electron chi connectivity index (χ0n) is 21.2. The normalized spacial score (nSPS) is 20.0. The van der Waals surface area contributed by atoms with Gasteiger partial charge in [0.05, 0.1) is 11.2 Å². The molecule has 2 aromatic heterocycles. The van der Waals surface area contributed by atoms with Gasteiger partial charge < -0.3 is 5.32 Å². The predicted molar refractivity (Wildman–Crippen MR) is 152 cm³/mol. The van der Waals surface area contributed by atoms with Gasteiger partial charge in [0.15, 0.2) is 10.9 Å². The minimum atomic E-state index is 0.275. The molecule has 37 heavy (non-hydrogen) atoms. The number of thiazole rings is 1. The lowest BCUT2D eigenvalue weighted by atomic mass is 9.78. The maximum absolute atomic E-state index is 13.1. The molecule has 4 aromatic rings. The summed E-state index contributed by atoms with van der Waals surface area (Å²) >= 11 is 1.80. The van der Waals surface area contributed by atoms with Crippen molar-refractivity contribution < 1.29 is 4.79 Å². The molecule has 190 valence electrons. The molecular formula is C31H34N4OS. The van der Waals surface area contributed by atoms with Gasteiger partial charge in [0, 0.05) is 53.6 Å². The van der Waals surface area contributed by atoms with Crippen molar-refractivity contribution in [3.8, 4) is 0 Å². The van der Waals surface area contributed by atoms with Crippen molar-refractivity contribution in [2.45, 2.75) is 51.5 Å². The SMILES string of the molecule is O=C(CC1CCC(CCN2CCc3nc(Nc4ccccc4)sc3C2)CC1)c1cccc2ncccc12. The van der Waals surface area contributed by atoms with Crippen LogP contribution in [0.3, 0.4) is 0 Å². The molecule has 5 nitrogen and oxygen atoms in total. The van der Waals surface area contributed by atoms with E-state index < -0.39 is 0 Å². The van der Waals surface area contributed by atoms with E-state index >= 15 is 0 Å². The van der Waals surface area contributed by atoms with Crippen LogP contribution < -0.4 is 5.32 Å². The van der Waals surface area contributed by atoms with Crippen molar-refractivity contribution in [3.63, 3.8) is 0 Å². The topological polar surface area (TPSA) is 58.1 Å². The van der Waals surface area contributed by atoms with Gasteiger partial charge in [-0.15, -0.1) is 11.3 Å². The van der Waals surface area contributed by atoms with Crippen LogP contribution >= 0.6 is 11.3 Å². The van der Waals surface area contributed by atoms with E-state index in [0.717, 1.165) is 59.3 Å². The Labute approximate surface area is 223 Å². The highest BCUT2D eigenvalue weighted by molar-refractivity contribution is 7.15. The highest BCUT2D eigenvalue weighted by Gasteiger charge is 2.26. The number of nitrogens with one attached hydrogen (secondary N) is 1. The first kappa shape index (κ1) is 24.3. The maximum atomic E-state index is 13.1.